The third kappa shape index (κ3) is 8.42. The maximum atomic E-state index is 12.3. The molecular formula is C36H51N3O5P+. The van der Waals surface area contributed by atoms with Crippen LogP contribution in [0.15, 0.2) is 72.5 Å². The van der Waals surface area contributed by atoms with Gasteiger partial charge in [0.05, 0.1) is 25.2 Å². The van der Waals surface area contributed by atoms with E-state index in [1.54, 1.807) is 0 Å². The molecule has 0 fully saturated rings. The lowest BCUT2D eigenvalue weighted by atomic mass is 9.81. The fourth-order valence-electron chi connectivity index (χ4n) is 6.54. The van der Waals surface area contributed by atoms with E-state index in [9.17, 15) is 9.36 Å². The highest BCUT2D eigenvalue weighted by molar-refractivity contribution is 7.51. The number of ether oxygens (including phenoxy) is 1. The minimum Gasteiger partial charge on any atom is -0.377 e. The van der Waals surface area contributed by atoms with Crippen LogP contribution in [0.1, 0.15) is 71.4 Å². The highest BCUT2D eigenvalue weighted by atomic mass is 31.2. The molecule has 4 rings (SSSR count). The molecule has 2 aliphatic heterocycles. The molecule has 0 aromatic heterocycles. The van der Waals surface area contributed by atoms with Crippen molar-refractivity contribution >= 4 is 30.6 Å². The summed E-state index contributed by atoms with van der Waals surface area (Å²) in [5.41, 5.74) is 7.71. The Morgan fingerprint density at radius 1 is 0.978 bits per heavy atom. The maximum absolute atomic E-state index is 12.3. The van der Waals surface area contributed by atoms with Crippen LogP contribution in [0.2, 0.25) is 0 Å². The van der Waals surface area contributed by atoms with Gasteiger partial charge in [-0.3, -0.25) is 9.36 Å². The lowest BCUT2D eigenvalue weighted by molar-refractivity contribution is -0.438. The number of rotatable bonds is 16. The van der Waals surface area contributed by atoms with Crippen LogP contribution in [0.3, 0.4) is 0 Å². The molecule has 2 aliphatic rings. The molecule has 0 bridgehead atoms. The number of para-hydroxylation sites is 2. The second kappa shape index (κ2) is 15.0. The third-order valence-corrected chi connectivity index (χ3v) is 9.50. The number of anilines is 1. The summed E-state index contributed by atoms with van der Waals surface area (Å²) in [7, 11) is -3.48. The van der Waals surface area contributed by atoms with Gasteiger partial charge in [0.2, 0.25) is 11.6 Å². The first-order chi connectivity index (χ1) is 21.4. The number of hydrogen-bond acceptors (Lipinski definition) is 5. The maximum Gasteiger partial charge on any atom is 0.325 e. The van der Waals surface area contributed by atoms with Gasteiger partial charge in [0, 0.05) is 67.1 Å². The van der Waals surface area contributed by atoms with Gasteiger partial charge < -0.3 is 24.4 Å². The van der Waals surface area contributed by atoms with Crippen LogP contribution in [-0.4, -0.2) is 67.2 Å². The van der Waals surface area contributed by atoms with Gasteiger partial charge in [0.25, 0.3) is 0 Å². The van der Waals surface area contributed by atoms with Crippen LogP contribution < -0.4 is 10.2 Å². The first kappa shape index (κ1) is 34.8. The quantitative estimate of drug-likeness (QED) is 0.119. The number of hydrogen-bond donors (Lipinski definition) is 2. The minimum atomic E-state index is -3.48. The Bertz CT molecular complexity index is 1490. The molecule has 2 N–H and O–H groups in total. The lowest BCUT2D eigenvalue weighted by Crippen LogP contribution is -2.28. The van der Waals surface area contributed by atoms with E-state index in [1.165, 1.54) is 33.9 Å². The molecule has 0 aliphatic carbocycles. The molecule has 9 heteroatoms. The molecule has 1 unspecified atom stereocenters. The van der Waals surface area contributed by atoms with Gasteiger partial charge in [-0.05, 0) is 51.3 Å². The molecule has 244 valence electrons. The van der Waals surface area contributed by atoms with Crippen LogP contribution in [0.4, 0.5) is 11.4 Å². The summed E-state index contributed by atoms with van der Waals surface area (Å²) in [5.74, 6) is 0.0113. The standard InChI is InChI=1S/C36H50N3O5P/c1-7-38-30-18-12-10-16-28(30)35(2,3)32(38)20-15-21-33-36(4,5)29-17-11-13-19-31(29)39(33)24-14-8-9-22-34(40)37-23-25-43-26-27-44-45(6,41)42/h10-13,15-21H,7-9,14,22-27H2,1-6H3,(H-,37,40,41,42)/p+1. The fourth-order valence-corrected chi connectivity index (χ4v) is 6.96. The Hall–Kier alpha value is -3.03. The fraction of sp³-hybridized carbons (Fsp3) is 0.500. The van der Waals surface area contributed by atoms with Gasteiger partial charge in [-0.1, -0.05) is 56.3 Å². The summed E-state index contributed by atoms with van der Waals surface area (Å²) >= 11 is 0. The smallest absolute Gasteiger partial charge is 0.325 e. The highest BCUT2D eigenvalue weighted by Gasteiger charge is 2.44. The first-order valence-corrected chi connectivity index (χ1v) is 18.2. The van der Waals surface area contributed by atoms with Gasteiger partial charge in [-0.15, -0.1) is 0 Å². The normalized spacial score (nSPS) is 18.8. The average Bonchev–Trinajstić information content (AvgIpc) is 3.34. The number of carbonyl (C=O) groups excluding carboxylic acids is 1. The summed E-state index contributed by atoms with van der Waals surface area (Å²) in [6.07, 6.45) is 10.1. The molecule has 1 amide bonds. The second-order valence-corrected chi connectivity index (χ2v) is 14.7. The first-order valence-electron chi connectivity index (χ1n) is 16.2. The zero-order valence-electron chi connectivity index (χ0n) is 27.8. The summed E-state index contributed by atoms with van der Waals surface area (Å²) in [6, 6.07) is 17.4. The van der Waals surface area contributed by atoms with E-state index in [0.717, 1.165) is 39.0 Å². The Kier molecular flexibility index (Phi) is 11.6. The molecule has 2 heterocycles. The summed E-state index contributed by atoms with van der Waals surface area (Å²) < 4.78 is 23.6. The highest BCUT2D eigenvalue weighted by Crippen LogP contribution is 2.47. The zero-order valence-corrected chi connectivity index (χ0v) is 28.7. The number of nitrogens with zero attached hydrogens (tertiary/aromatic N) is 2. The number of likely N-dealkylation sites (N-methyl/N-ethyl adjacent to an activating group) is 1. The minimum absolute atomic E-state index is 0.0113. The molecule has 45 heavy (non-hydrogen) atoms. The van der Waals surface area contributed by atoms with Crippen molar-refractivity contribution in [1.29, 1.82) is 0 Å². The van der Waals surface area contributed by atoms with E-state index in [1.807, 2.05) is 0 Å². The number of allylic oxidation sites excluding steroid dienone is 4. The molecule has 8 nitrogen and oxygen atoms in total. The number of carbonyl (C=O) groups is 1. The number of unbranched alkanes of at least 4 members (excludes halogenated alkanes) is 2. The van der Waals surface area contributed by atoms with Crippen molar-refractivity contribution in [1.82, 2.24) is 5.32 Å². The predicted molar refractivity (Wildman–Crippen MR) is 183 cm³/mol. The Labute approximate surface area is 269 Å². The van der Waals surface area contributed by atoms with Crippen LogP contribution in [-0.2, 0) is 29.5 Å². The molecule has 2 aromatic carbocycles. The van der Waals surface area contributed by atoms with E-state index in [4.69, 9.17) is 14.2 Å². The molecule has 0 saturated carbocycles. The van der Waals surface area contributed by atoms with Crippen molar-refractivity contribution in [3.8, 4) is 0 Å². The average molecular weight is 637 g/mol. The van der Waals surface area contributed by atoms with Gasteiger partial charge in [0.1, 0.15) is 6.54 Å². The van der Waals surface area contributed by atoms with E-state index in [2.05, 4.69) is 116 Å². The van der Waals surface area contributed by atoms with Crippen molar-refractivity contribution in [3.05, 3.63) is 83.6 Å². The molecule has 2 aromatic rings. The van der Waals surface area contributed by atoms with Crippen molar-refractivity contribution in [2.45, 2.75) is 71.1 Å². The SMILES string of the molecule is CCN1C(=CC=CC2=[N+](CCCCCC(=O)NCCOCCOP(C)(=O)O)c3ccccc3C2(C)C)C(C)(C)c2ccccc21. The van der Waals surface area contributed by atoms with Gasteiger partial charge >= 0.3 is 7.60 Å². The van der Waals surface area contributed by atoms with E-state index < -0.39 is 7.60 Å². The van der Waals surface area contributed by atoms with Crippen LogP contribution >= 0.6 is 7.60 Å². The van der Waals surface area contributed by atoms with Crippen molar-refractivity contribution < 1.29 is 28.1 Å². The van der Waals surface area contributed by atoms with E-state index in [-0.39, 0.29) is 30.0 Å². The lowest BCUT2D eigenvalue weighted by Gasteiger charge is -2.25. The van der Waals surface area contributed by atoms with Gasteiger partial charge in [-0.2, -0.15) is 4.58 Å². The van der Waals surface area contributed by atoms with Crippen molar-refractivity contribution in [3.63, 3.8) is 0 Å². The summed E-state index contributed by atoms with van der Waals surface area (Å²) in [4.78, 5) is 23.8. The molecule has 0 radical (unpaired) electrons. The van der Waals surface area contributed by atoms with E-state index in [0.29, 0.717) is 19.6 Å². The number of amides is 1. The Morgan fingerprint density at radius 3 is 2.42 bits per heavy atom. The van der Waals surface area contributed by atoms with E-state index >= 15 is 0 Å². The molecule has 0 spiro atoms. The zero-order chi connectivity index (χ0) is 32.7. The second-order valence-electron chi connectivity index (χ2n) is 12.9. The summed E-state index contributed by atoms with van der Waals surface area (Å²) in [6.45, 7) is 15.4. The summed E-state index contributed by atoms with van der Waals surface area (Å²) in [5, 5.41) is 2.88. The number of fused-ring (bicyclic) bond motifs is 2. The monoisotopic (exact) mass is 636 g/mol. The Balaban J connectivity index is 1.35. The van der Waals surface area contributed by atoms with Crippen molar-refractivity contribution in [2.75, 3.05) is 51.0 Å². The van der Waals surface area contributed by atoms with Gasteiger partial charge in [0.15, 0.2) is 5.71 Å². The molecule has 1 atom stereocenters. The largest absolute Gasteiger partial charge is 0.377 e. The van der Waals surface area contributed by atoms with Crippen molar-refractivity contribution in [2.24, 2.45) is 0 Å². The number of nitrogens with one attached hydrogen (secondary N) is 1. The van der Waals surface area contributed by atoms with Crippen LogP contribution in [0, 0.1) is 0 Å². The van der Waals surface area contributed by atoms with Crippen LogP contribution in [0.5, 0.6) is 0 Å². The molecular weight excluding hydrogens is 585 g/mol. The topological polar surface area (TPSA) is 91.1 Å². The predicted octanol–water partition coefficient (Wildman–Crippen LogP) is 6.85. The molecule has 0 saturated heterocycles. The third-order valence-electron chi connectivity index (χ3n) is 8.84. The van der Waals surface area contributed by atoms with Crippen LogP contribution in [0.25, 0.3) is 0 Å². The number of benzene rings is 2. The van der Waals surface area contributed by atoms with Gasteiger partial charge in [-0.25, -0.2) is 0 Å². The Morgan fingerprint density at radius 2 is 1.69 bits per heavy atom.